The van der Waals surface area contributed by atoms with E-state index in [2.05, 4.69) is 25.3 Å². The third-order valence-electron chi connectivity index (χ3n) is 6.07. The molecule has 190 valence electrons. The van der Waals surface area contributed by atoms with Crippen molar-refractivity contribution >= 4 is 29.3 Å². The number of nitrogens with one attached hydrogen (secondary N) is 1. The van der Waals surface area contributed by atoms with Crippen LogP contribution in [0.2, 0.25) is 10.2 Å². The lowest BCUT2D eigenvalue weighted by Crippen LogP contribution is -2.25. The molecule has 0 saturated heterocycles. The molecule has 1 aliphatic rings. The SMILES string of the molecule is NC(=O)Oc1ccc(-c2cnc([C@@H]3CCc4nc(-c5cc(Cl)ccc5-n5cc(Cl)nn5)cc(=O)n43)[nH]2)nc1. The number of carbonyl (C=O) groups excluding carboxylic acids is 1. The Bertz CT molecular complexity index is 1740. The molecule has 0 radical (unpaired) electrons. The fourth-order valence-electron chi connectivity index (χ4n) is 4.47. The Labute approximate surface area is 224 Å². The topological polar surface area (TPSA) is 159 Å². The fourth-order valence-corrected chi connectivity index (χ4v) is 4.77. The van der Waals surface area contributed by atoms with Gasteiger partial charge in [-0.15, -0.1) is 5.10 Å². The zero-order chi connectivity index (χ0) is 26.4. The number of hydrogen-bond acceptors (Lipinski definition) is 8. The van der Waals surface area contributed by atoms with E-state index in [4.69, 9.17) is 38.7 Å². The normalized spacial score (nSPS) is 14.4. The van der Waals surface area contributed by atoms with E-state index in [0.29, 0.717) is 57.8 Å². The molecule has 0 aliphatic carbocycles. The van der Waals surface area contributed by atoms with Crippen molar-refractivity contribution in [3.05, 3.63) is 87.2 Å². The highest BCUT2D eigenvalue weighted by atomic mass is 35.5. The smallest absolute Gasteiger partial charge is 0.409 e. The van der Waals surface area contributed by atoms with Gasteiger partial charge >= 0.3 is 6.09 Å². The predicted molar refractivity (Wildman–Crippen MR) is 137 cm³/mol. The fraction of sp³-hybridized carbons (Fsp3) is 0.125. The van der Waals surface area contributed by atoms with Crippen molar-refractivity contribution in [1.29, 1.82) is 0 Å². The molecule has 0 saturated carbocycles. The number of imidazole rings is 1. The van der Waals surface area contributed by atoms with E-state index in [0.717, 1.165) is 0 Å². The number of hydrogen-bond donors (Lipinski definition) is 2. The predicted octanol–water partition coefficient (Wildman–Crippen LogP) is 3.58. The molecule has 3 N–H and O–H groups in total. The van der Waals surface area contributed by atoms with E-state index in [9.17, 15) is 9.59 Å². The second-order valence-electron chi connectivity index (χ2n) is 8.45. The van der Waals surface area contributed by atoms with Crippen LogP contribution in [0.25, 0.3) is 28.3 Å². The minimum atomic E-state index is -0.917. The van der Waals surface area contributed by atoms with Gasteiger partial charge in [0.1, 0.15) is 11.6 Å². The summed E-state index contributed by atoms with van der Waals surface area (Å²) in [5.74, 6) is 1.47. The molecule has 1 atom stereocenters. The van der Waals surface area contributed by atoms with Crippen molar-refractivity contribution in [3.63, 3.8) is 0 Å². The Morgan fingerprint density at radius 3 is 2.71 bits per heavy atom. The summed E-state index contributed by atoms with van der Waals surface area (Å²) in [7, 11) is 0. The first-order chi connectivity index (χ1) is 18.4. The molecule has 14 heteroatoms. The summed E-state index contributed by atoms with van der Waals surface area (Å²) in [6.45, 7) is 0. The lowest BCUT2D eigenvalue weighted by molar-refractivity contribution is 0.210. The number of H-pyrrole nitrogens is 1. The quantitative estimate of drug-likeness (QED) is 0.336. The van der Waals surface area contributed by atoms with Crippen LogP contribution in [-0.2, 0) is 6.42 Å². The minimum Gasteiger partial charge on any atom is -0.409 e. The molecule has 5 heterocycles. The molecule has 38 heavy (non-hydrogen) atoms. The van der Waals surface area contributed by atoms with Crippen LogP contribution in [-0.4, -0.2) is 45.6 Å². The molecule has 6 rings (SSSR count). The largest absolute Gasteiger partial charge is 0.410 e. The molecule has 0 spiro atoms. The number of fused-ring (bicyclic) bond motifs is 1. The van der Waals surface area contributed by atoms with E-state index in [1.807, 2.05) is 0 Å². The van der Waals surface area contributed by atoms with Gasteiger partial charge in [-0.05, 0) is 36.8 Å². The number of halogens is 2. The van der Waals surface area contributed by atoms with Gasteiger partial charge in [-0.1, -0.05) is 28.4 Å². The number of aromatic nitrogens is 8. The number of pyridine rings is 1. The number of benzene rings is 1. The maximum absolute atomic E-state index is 13.4. The summed E-state index contributed by atoms with van der Waals surface area (Å²) in [6, 6.07) is 9.60. The maximum atomic E-state index is 13.4. The Morgan fingerprint density at radius 2 is 1.97 bits per heavy atom. The molecule has 0 bridgehead atoms. The Kier molecular flexibility index (Phi) is 5.89. The molecule has 1 aromatic carbocycles. The molecule has 0 unspecified atom stereocenters. The standard InChI is InChI=1S/C24H17Cl2N9O3/c25-12-1-4-18(34-11-20(26)32-33-34)14(7-12)16-8-22(36)35-19(5-6-21(35)30-16)23-29-10-17(31-23)15-3-2-13(9-28-15)38-24(27)37/h1-4,7-11,19H,5-6H2,(H2,27,37)(H,29,31)/t19-/m0/s1. The minimum absolute atomic E-state index is 0.223. The van der Waals surface area contributed by atoms with Gasteiger partial charge in [0, 0.05) is 23.1 Å². The lowest BCUT2D eigenvalue weighted by atomic mass is 10.1. The van der Waals surface area contributed by atoms with Crippen molar-refractivity contribution in [3.8, 4) is 34.1 Å². The Hall–Kier alpha value is -4.55. The average molecular weight is 550 g/mol. The molecule has 0 fully saturated rings. The number of carbonyl (C=O) groups is 1. The van der Waals surface area contributed by atoms with Crippen LogP contribution in [0.5, 0.6) is 5.75 Å². The third-order valence-corrected chi connectivity index (χ3v) is 6.48. The van der Waals surface area contributed by atoms with Gasteiger partial charge in [-0.25, -0.2) is 19.4 Å². The summed E-state index contributed by atoms with van der Waals surface area (Å²) in [5.41, 5.74) is 7.76. The van der Waals surface area contributed by atoms with Crippen molar-refractivity contribution in [1.82, 2.24) is 39.5 Å². The first kappa shape index (κ1) is 23.8. The van der Waals surface area contributed by atoms with Gasteiger partial charge in [0.2, 0.25) is 0 Å². The Morgan fingerprint density at radius 1 is 1.11 bits per heavy atom. The molecular formula is C24H17Cl2N9O3. The molecule has 1 amide bonds. The second kappa shape index (κ2) is 9.39. The van der Waals surface area contributed by atoms with Crippen molar-refractivity contribution < 1.29 is 9.53 Å². The summed E-state index contributed by atoms with van der Waals surface area (Å²) in [6.07, 6.45) is 4.88. The summed E-state index contributed by atoms with van der Waals surface area (Å²) in [5, 5.41) is 8.58. The number of amides is 1. The molecule has 12 nitrogen and oxygen atoms in total. The number of aryl methyl sites for hydroxylation is 1. The first-order valence-electron chi connectivity index (χ1n) is 11.3. The highest BCUT2D eigenvalue weighted by molar-refractivity contribution is 6.31. The van der Waals surface area contributed by atoms with Crippen molar-refractivity contribution in [2.45, 2.75) is 18.9 Å². The number of primary amides is 1. The summed E-state index contributed by atoms with van der Waals surface area (Å²) in [4.78, 5) is 41.1. The zero-order valence-electron chi connectivity index (χ0n) is 19.4. The van der Waals surface area contributed by atoms with Crippen molar-refractivity contribution in [2.75, 3.05) is 0 Å². The van der Waals surface area contributed by atoms with Crippen molar-refractivity contribution in [2.24, 2.45) is 5.73 Å². The molecule has 4 aromatic heterocycles. The van der Waals surface area contributed by atoms with E-state index in [1.54, 1.807) is 47.3 Å². The van der Waals surface area contributed by atoms with Gasteiger partial charge in [0.15, 0.2) is 10.9 Å². The Balaban J connectivity index is 1.33. The van der Waals surface area contributed by atoms with Crippen LogP contribution in [0, 0.1) is 0 Å². The van der Waals surface area contributed by atoms with E-state index in [-0.39, 0.29) is 22.5 Å². The second-order valence-corrected chi connectivity index (χ2v) is 9.27. The third kappa shape index (κ3) is 4.40. The number of nitrogens with zero attached hydrogens (tertiary/aromatic N) is 7. The number of ether oxygens (including phenoxy) is 1. The van der Waals surface area contributed by atoms with E-state index in [1.165, 1.54) is 16.9 Å². The highest BCUT2D eigenvalue weighted by Crippen LogP contribution is 2.32. The number of rotatable bonds is 5. The van der Waals surface area contributed by atoms with E-state index < -0.39 is 6.09 Å². The number of aromatic amines is 1. The van der Waals surface area contributed by atoms with Crippen LogP contribution < -0.4 is 16.0 Å². The van der Waals surface area contributed by atoms with Gasteiger partial charge < -0.3 is 15.5 Å². The zero-order valence-corrected chi connectivity index (χ0v) is 20.9. The molecular weight excluding hydrogens is 533 g/mol. The molecule has 1 aliphatic heterocycles. The van der Waals surface area contributed by atoms with Gasteiger partial charge in [-0.3, -0.25) is 14.3 Å². The van der Waals surface area contributed by atoms with E-state index >= 15 is 0 Å². The maximum Gasteiger partial charge on any atom is 0.410 e. The monoisotopic (exact) mass is 549 g/mol. The lowest BCUT2D eigenvalue weighted by Gasteiger charge is -2.14. The van der Waals surface area contributed by atoms with Gasteiger partial charge in [0.25, 0.3) is 5.56 Å². The summed E-state index contributed by atoms with van der Waals surface area (Å²) >= 11 is 12.2. The van der Waals surface area contributed by atoms with Crippen LogP contribution in [0.15, 0.2) is 59.8 Å². The highest BCUT2D eigenvalue weighted by Gasteiger charge is 2.29. The van der Waals surface area contributed by atoms with Crippen LogP contribution >= 0.6 is 23.2 Å². The first-order valence-corrected chi connectivity index (χ1v) is 12.1. The number of nitrogens with two attached hydrogens (primary N) is 1. The van der Waals surface area contributed by atoms with Crippen LogP contribution in [0.4, 0.5) is 4.79 Å². The summed E-state index contributed by atoms with van der Waals surface area (Å²) < 4.78 is 7.96. The average Bonchev–Trinajstić information content (AvgIpc) is 3.64. The van der Waals surface area contributed by atoms with Crippen LogP contribution in [0.3, 0.4) is 0 Å². The molecule has 5 aromatic rings. The van der Waals surface area contributed by atoms with Gasteiger partial charge in [-0.2, -0.15) is 0 Å². The van der Waals surface area contributed by atoms with Crippen LogP contribution in [0.1, 0.15) is 24.1 Å². The van der Waals surface area contributed by atoms with Gasteiger partial charge in [0.05, 0.1) is 47.4 Å².